The summed E-state index contributed by atoms with van der Waals surface area (Å²) < 4.78 is 1.52. The maximum atomic E-state index is 12.2. The molecule has 0 aliphatic rings. The topological polar surface area (TPSA) is 51.1 Å². The van der Waals surface area contributed by atoms with Crippen molar-refractivity contribution in [1.82, 2.24) is 4.57 Å². The second-order valence-electron chi connectivity index (χ2n) is 5.77. The van der Waals surface area contributed by atoms with Crippen LogP contribution < -0.4 is 10.9 Å². The van der Waals surface area contributed by atoms with E-state index in [0.717, 1.165) is 10.5 Å². The highest BCUT2D eigenvalue weighted by Crippen LogP contribution is 2.20. The molecule has 0 radical (unpaired) electrons. The molecule has 0 bridgehead atoms. The molecule has 0 spiro atoms. The summed E-state index contributed by atoms with van der Waals surface area (Å²) in [5, 5.41) is 4.07. The van der Waals surface area contributed by atoms with Gasteiger partial charge in [0, 0.05) is 27.2 Å². The van der Waals surface area contributed by atoms with Crippen LogP contribution in [0.15, 0.2) is 76.6 Å². The maximum absolute atomic E-state index is 12.2. The third-order valence-electron chi connectivity index (χ3n) is 3.75. The van der Waals surface area contributed by atoms with Crippen molar-refractivity contribution in [3.63, 3.8) is 0 Å². The number of aromatic nitrogens is 1. The van der Waals surface area contributed by atoms with Crippen LogP contribution in [0.2, 0.25) is 10.0 Å². The molecule has 0 saturated heterocycles. The van der Waals surface area contributed by atoms with E-state index in [1.807, 2.05) is 30.3 Å². The van der Waals surface area contributed by atoms with Crippen LogP contribution in [-0.2, 0) is 11.3 Å². The zero-order valence-corrected chi connectivity index (χ0v) is 16.5. The Balaban J connectivity index is 1.65. The monoisotopic (exact) mass is 418 g/mol. The first-order chi connectivity index (χ1) is 13.0. The smallest absolute Gasteiger partial charge is 0.250 e. The number of nitrogens with zero attached hydrogens (tertiary/aromatic N) is 1. The summed E-state index contributed by atoms with van der Waals surface area (Å²) in [7, 11) is 0. The molecule has 0 aliphatic carbocycles. The number of carbonyl (C=O) groups excluding carboxylic acids is 1. The molecule has 3 rings (SSSR count). The molecule has 27 heavy (non-hydrogen) atoms. The largest absolute Gasteiger partial charge is 0.324 e. The standard InChI is InChI=1S/C20H16Cl2N2O2S/c21-15-5-8-17(9-6-15)27-13-19(25)23-16-7-10-20(26)24(12-16)11-14-3-1-2-4-18(14)22/h1-10,12H,11,13H2,(H,23,25). The van der Waals surface area contributed by atoms with Crippen LogP contribution in [0, 0.1) is 0 Å². The number of anilines is 1. The Hall–Kier alpha value is -2.21. The lowest BCUT2D eigenvalue weighted by atomic mass is 10.2. The lowest BCUT2D eigenvalue weighted by Gasteiger charge is -2.10. The molecule has 0 saturated carbocycles. The molecule has 3 aromatic rings. The van der Waals surface area contributed by atoms with Crippen LogP contribution in [0.4, 0.5) is 5.69 Å². The molecule has 138 valence electrons. The minimum atomic E-state index is -0.163. The van der Waals surface area contributed by atoms with Gasteiger partial charge in [0.05, 0.1) is 18.0 Å². The third kappa shape index (κ3) is 5.63. The summed E-state index contributed by atoms with van der Waals surface area (Å²) in [6.45, 7) is 0.335. The molecule has 1 heterocycles. The normalized spacial score (nSPS) is 10.6. The van der Waals surface area contributed by atoms with E-state index in [1.54, 1.807) is 30.5 Å². The van der Waals surface area contributed by atoms with Gasteiger partial charge in [-0.05, 0) is 42.0 Å². The third-order valence-corrected chi connectivity index (χ3v) is 5.38. The average Bonchev–Trinajstić information content (AvgIpc) is 2.66. The van der Waals surface area contributed by atoms with Gasteiger partial charge >= 0.3 is 0 Å². The van der Waals surface area contributed by atoms with Gasteiger partial charge in [-0.3, -0.25) is 9.59 Å². The van der Waals surface area contributed by atoms with Crippen LogP contribution in [-0.4, -0.2) is 16.2 Å². The van der Waals surface area contributed by atoms with Crippen LogP contribution in [0.1, 0.15) is 5.56 Å². The summed E-state index contributed by atoms with van der Waals surface area (Å²) in [5.74, 6) is 0.101. The van der Waals surface area contributed by atoms with Crippen molar-refractivity contribution in [2.75, 3.05) is 11.1 Å². The number of halogens is 2. The first kappa shape index (κ1) is 19.5. The number of nitrogens with one attached hydrogen (secondary N) is 1. The van der Waals surface area contributed by atoms with E-state index in [2.05, 4.69) is 5.32 Å². The quantitative estimate of drug-likeness (QED) is 0.577. The molecule has 4 nitrogen and oxygen atoms in total. The molecule has 2 aromatic carbocycles. The number of thioether (sulfide) groups is 1. The van der Waals surface area contributed by atoms with Gasteiger partial charge in [0.2, 0.25) is 5.91 Å². The van der Waals surface area contributed by atoms with E-state index in [9.17, 15) is 9.59 Å². The number of carbonyl (C=O) groups is 1. The van der Waals surface area contributed by atoms with Crippen molar-refractivity contribution in [3.8, 4) is 0 Å². The lowest BCUT2D eigenvalue weighted by molar-refractivity contribution is -0.113. The fourth-order valence-electron chi connectivity index (χ4n) is 2.42. The zero-order valence-electron chi connectivity index (χ0n) is 14.2. The van der Waals surface area contributed by atoms with E-state index in [4.69, 9.17) is 23.2 Å². The summed E-state index contributed by atoms with van der Waals surface area (Å²) in [5.41, 5.74) is 1.23. The Morgan fingerprint density at radius 1 is 1.00 bits per heavy atom. The van der Waals surface area contributed by atoms with E-state index in [0.29, 0.717) is 22.3 Å². The van der Waals surface area contributed by atoms with Crippen LogP contribution >= 0.6 is 35.0 Å². The summed E-state index contributed by atoms with van der Waals surface area (Å²) >= 11 is 13.4. The Bertz CT molecular complexity index is 1000. The highest BCUT2D eigenvalue weighted by molar-refractivity contribution is 8.00. The number of rotatable bonds is 6. The fraction of sp³-hybridized carbons (Fsp3) is 0.100. The highest BCUT2D eigenvalue weighted by atomic mass is 35.5. The van der Waals surface area contributed by atoms with Crippen LogP contribution in [0.25, 0.3) is 0 Å². The van der Waals surface area contributed by atoms with Crippen molar-refractivity contribution in [1.29, 1.82) is 0 Å². The molecule has 1 amide bonds. The summed E-state index contributed by atoms with van der Waals surface area (Å²) in [4.78, 5) is 25.3. The summed E-state index contributed by atoms with van der Waals surface area (Å²) in [6, 6.07) is 17.7. The molecule has 0 aliphatic heterocycles. The second kappa shape index (κ2) is 9.13. The molecule has 0 atom stereocenters. The van der Waals surface area contributed by atoms with Crippen molar-refractivity contribution < 1.29 is 4.79 Å². The number of hydrogen-bond acceptors (Lipinski definition) is 3. The minimum Gasteiger partial charge on any atom is -0.324 e. The van der Waals surface area contributed by atoms with Crippen LogP contribution in [0.5, 0.6) is 0 Å². The number of pyridine rings is 1. The fourth-order valence-corrected chi connectivity index (χ4v) is 3.44. The molecular weight excluding hydrogens is 403 g/mol. The first-order valence-corrected chi connectivity index (χ1v) is 9.87. The summed E-state index contributed by atoms with van der Waals surface area (Å²) in [6.07, 6.45) is 1.62. The van der Waals surface area contributed by atoms with Crippen molar-refractivity contribution >= 4 is 46.6 Å². The van der Waals surface area contributed by atoms with E-state index < -0.39 is 0 Å². The van der Waals surface area contributed by atoms with Crippen molar-refractivity contribution in [2.45, 2.75) is 11.4 Å². The highest BCUT2D eigenvalue weighted by Gasteiger charge is 2.07. The lowest BCUT2D eigenvalue weighted by Crippen LogP contribution is -2.21. The number of hydrogen-bond donors (Lipinski definition) is 1. The van der Waals surface area contributed by atoms with E-state index in [-0.39, 0.29) is 17.2 Å². The Labute approximate surface area is 171 Å². The van der Waals surface area contributed by atoms with Gasteiger partial charge < -0.3 is 9.88 Å². The van der Waals surface area contributed by atoms with Crippen LogP contribution in [0.3, 0.4) is 0 Å². The van der Waals surface area contributed by atoms with Gasteiger partial charge in [-0.2, -0.15) is 0 Å². The predicted octanol–water partition coefficient (Wildman–Crippen LogP) is 4.93. The van der Waals surface area contributed by atoms with Gasteiger partial charge in [0.15, 0.2) is 0 Å². The van der Waals surface area contributed by atoms with Gasteiger partial charge in [-0.25, -0.2) is 0 Å². The Kier molecular flexibility index (Phi) is 6.61. The van der Waals surface area contributed by atoms with E-state index in [1.165, 1.54) is 22.4 Å². The second-order valence-corrected chi connectivity index (χ2v) is 7.66. The SMILES string of the molecule is O=C(CSc1ccc(Cl)cc1)Nc1ccc(=O)n(Cc2ccccc2Cl)c1. The van der Waals surface area contributed by atoms with E-state index >= 15 is 0 Å². The van der Waals surface area contributed by atoms with Crippen molar-refractivity contribution in [2.24, 2.45) is 0 Å². The molecule has 0 fully saturated rings. The zero-order chi connectivity index (χ0) is 19.2. The molecule has 0 unspecified atom stereocenters. The molecule has 1 N–H and O–H groups in total. The van der Waals surface area contributed by atoms with Gasteiger partial charge in [0.1, 0.15) is 0 Å². The molecule has 1 aromatic heterocycles. The Morgan fingerprint density at radius 2 is 1.74 bits per heavy atom. The van der Waals surface area contributed by atoms with Crippen molar-refractivity contribution in [3.05, 3.63) is 92.8 Å². The number of amides is 1. The van der Waals surface area contributed by atoms with Gasteiger partial charge in [-0.1, -0.05) is 41.4 Å². The maximum Gasteiger partial charge on any atom is 0.250 e. The molecule has 7 heteroatoms. The van der Waals surface area contributed by atoms with Gasteiger partial charge in [-0.15, -0.1) is 11.8 Å². The molecular formula is C20H16Cl2N2O2S. The predicted molar refractivity (Wildman–Crippen MR) is 112 cm³/mol. The minimum absolute atomic E-state index is 0.155. The Morgan fingerprint density at radius 3 is 2.48 bits per heavy atom. The average molecular weight is 419 g/mol. The number of benzene rings is 2. The first-order valence-electron chi connectivity index (χ1n) is 8.13. The van der Waals surface area contributed by atoms with Gasteiger partial charge in [0.25, 0.3) is 5.56 Å².